The van der Waals surface area contributed by atoms with Gasteiger partial charge in [0.2, 0.25) is 21.8 Å². The minimum Gasteiger partial charge on any atom is -0.310 e. The van der Waals surface area contributed by atoms with E-state index in [1.165, 1.54) is 4.90 Å². The van der Waals surface area contributed by atoms with Crippen LogP contribution >= 0.6 is 11.8 Å². The van der Waals surface area contributed by atoms with E-state index in [-0.39, 0.29) is 34.9 Å². The second-order valence-corrected chi connectivity index (χ2v) is 13.2. The molecule has 0 aliphatic carbocycles. The summed E-state index contributed by atoms with van der Waals surface area (Å²) in [5.74, 6) is 0.194. The van der Waals surface area contributed by atoms with Crippen molar-refractivity contribution in [3.05, 3.63) is 48.0 Å². The summed E-state index contributed by atoms with van der Waals surface area (Å²) in [7, 11) is -3.68. The molecule has 2 amide bonds. The van der Waals surface area contributed by atoms with Crippen LogP contribution in [0.4, 0.5) is 11.4 Å². The van der Waals surface area contributed by atoms with Gasteiger partial charge in [-0.05, 0) is 55.0 Å². The summed E-state index contributed by atoms with van der Waals surface area (Å²) < 4.78 is 28.4. The lowest BCUT2D eigenvalue weighted by atomic mass is 10.0. The number of amides is 2. The summed E-state index contributed by atoms with van der Waals surface area (Å²) in [5, 5.41) is 0.0277. The summed E-state index contributed by atoms with van der Waals surface area (Å²) in [6, 6.07) is 12.8. The topological polar surface area (TPSA) is 78.0 Å². The standard InChI is InChI=1S/C26H31N3O4S2/c1-18-9-12-27(13-10-18)35(32,33)21-7-8-24-23(16-21)29(25(30)15-19(2)34-24)17-26(31)28-14-11-20-5-3-4-6-22(20)28/h3-8,16,18-19H,9-15,17H2,1-2H3/t19-/m0/s1. The van der Waals surface area contributed by atoms with Gasteiger partial charge in [-0.15, -0.1) is 11.8 Å². The summed E-state index contributed by atoms with van der Waals surface area (Å²) >= 11 is 1.55. The van der Waals surface area contributed by atoms with Gasteiger partial charge in [-0.2, -0.15) is 4.31 Å². The van der Waals surface area contributed by atoms with E-state index in [9.17, 15) is 18.0 Å². The van der Waals surface area contributed by atoms with Gasteiger partial charge in [-0.1, -0.05) is 32.0 Å². The first kappa shape index (κ1) is 24.3. The number of rotatable bonds is 4. The van der Waals surface area contributed by atoms with Gasteiger partial charge >= 0.3 is 0 Å². The molecule has 0 bridgehead atoms. The quantitative estimate of drug-likeness (QED) is 0.620. The smallest absolute Gasteiger partial charge is 0.247 e. The molecule has 0 N–H and O–H groups in total. The highest BCUT2D eigenvalue weighted by molar-refractivity contribution is 8.00. The van der Waals surface area contributed by atoms with E-state index in [0.717, 1.165) is 35.4 Å². The van der Waals surface area contributed by atoms with Gasteiger partial charge in [0.25, 0.3) is 0 Å². The van der Waals surface area contributed by atoms with Crippen molar-refractivity contribution in [2.75, 3.05) is 36.0 Å². The zero-order chi connectivity index (χ0) is 24.7. The summed E-state index contributed by atoms with van der Waals surface area (Å²) in [6.07, 6.45) is 2.76. The zero-order valence-corrected chi connectivity index (χ0v) is 21.8. The maximum atomic E-state index is 13.4. The average Bonchev–Trinajstić information content (AvgIpc) is 3.22. The summed E-state index contributed by atoms with van der Waals surface area (Å²) in [6.45, 7) is 5.60. The molecular weight excluding hydrogens is 482 g/mol. The third kappa shape index (κ3) is 4.73. The molecule has 0 saturated carbocycles. The Morgan fingerprint density at radius 1 is 1.03 bits per heavy atom. The Balaban J connectivity index is 1.47. The molecule has 2 aromatic rings. The molecule has 0 radical (unpaired) electrons. The zero-order valence-electron chi connectivity index (χ0n) is 20.1. The highest BCUT2D eigenvalue weighted by atomic mass is 32.2. The molecule has 186 valence electrons. The van der Waals surface area contributed by atoms with Crippen LogP contribution < -0.4 is 9.80 Å². The van der Waals surface area contributed by atoms with Crippen molar-refractivity contribution in [1.29, 1.82) is 0 Å². The fraction of sp³-hybridized carbons (Fsp3) is 0.462. The van der Waals surface area contributed by atoms with Crippen molar-refractivity contribution in [2.24, 2.45) is 5.92 Å². The Labute approximate surface area is 211 Å². The Hall–Kier alpha value is -2.36. The normalized spacial score (nSPS) is 21.5. The van der Waals surface area contributed by atoms with E-state index in [1.807, 2.05) is 31.2 Å². The van der Waals surface area contributed by atoms with Gasteiger partial charge in [0.05, 0.1) is 10.6 Å². The molecular formula is C26H31N3O4S2. The number of hydrogen-bond donors (Lipinski definition) is 0. The van der Waals surface area contributed by atoms with Gasteiger partial charge in [0.15, 0.2) is 0 Å². The fourth-order valence-electron chi connectivity index (χ4n) is 5.08. The number of anilines is 2. The Kier molecular flexibility index (Phi) is 6.67. The van der Waals surface area contributed by atoms with Crippen LogP contribution in [0.15, 0.2) is 52.3 Å². The van der Waals surface area contributed by atoms with Crippen LogP contribution in [0.25, 0.3) is 0 Å². The summed E-state index contributed by atoms with van der Waals surface area (Å²) in [5.41, 5.74) is 2.52. The summed E-state index contributed by atoms with van der Waals surface area (Å²) in [4.78, 5) is 30.9. The van der Waals surface area contributed by atoms with E-state index in [0.29, 0.717) is 31.2 Å². The first-order valence-corrected chi connectivity index (χ1v) is 14.6. The van der Waals surface area contributed by atoms with Crippen LogP contribution in [0.2, 0.25) is 0 Å². The van der Waals surface area contributed by atoms with Crippen LogP contribution in [-0.2, 0) is 26.0 Å². The van der Waals surface area contributed by atoms with E-state index in [4.69, 9.17) is 0 Å². The molecule has 9 heteroatoms. The lowest BCUT2D eigenvalue weighted by Crippen LogP contribution is -2.43. The minimum absolute atomic E-state index is 0.0277. The Morgan fingerprint density at radius 2 is 1.77 bits per heavy atom. The van der Waals surface area contributed by atoms with E-state index < -0.39 is 10.0 Å². The lowest BCUT2D eigenvalue weighted by Gasteiger charge is -2.30. The van der Waals surface area contributed by atoms with Crippen molar-refractivity contribution in [1.82, 2.24) is 4.31 Å². The molecule has 1 atom stereocenters. The van der Waals surface area contributed by atoms with Crippen LogP contribution in [0.1, 0.15) is 38.7 Å². The molecule has 0 spiro atoms. The third-order valence-corrected chi connectivity index (χ3v) is 10.2. The maximum absolute atomic E-state index is 13.4. The maximum Gasteiger partial charge on any atom is 0.247 e. The van der Waals surface area contributed by atoms with Crippen LogP contribution in [0, 0.1) is 5.92 Å². The highest BCUT2D eigenvalue weighted by Gasteiger charge is 2.34. The lowest BCUT2D eigenvalue weighted by molar-refractivity contribution is -0.122. The minimum atomic E-state index is -3.68. The van der Waals surface area contributed by atoms with Crippen LogP contribution in [-0.4, -0.2) is 56.0 Å². The van der Waals surface area contributed by atoms with E-state index in [2.05, 4.69) is 6.92 Å². The van der Waals surface area contributed by atoms with Crippen molar-refractivity contribution in [2.45, 2.75) is 54.6 Å². The Bertz CT molecular complexity index is 1250. The molecule has 5 rings (SSSR count). The SMILES string of the molecule is CC1CCN(S(=O)(=O)c2ccc3c(c2)N(CC(=O)N2CCc4ccccc42)C(=O)C[C@H](C)S3)CC1. The largest absolute Gasteiger partial charge is 0.310 e. The van der Waals surface area contributed by atoms with Crippen molar-refractivity contribution in [3.63, 3.8) is 0 Å². The molecule has 1 fully saturated rings. The van der Waals surface area contributed by atoms with Crippen molar-refractivity contribution in [3.8, 4) is 0 Å². The number of carbonyl (C=O) groups is 2. The van der Waals surface area contributed by atoms with Gasteiger partial charge in [0, 0.05) is 41.9 Å². The van der Waals surface area contributed by atoms with E-state index >= 15 is 0 Å². The molecule has 2 aromatic carbocycles. The number of nitrogens with zero attached hydrogens (tertiary/aromatic N) is 3. The molecule has 3 heterocycles. The Morgan fingerprint density at radius 3 is 2.54 bits per heavy atom. The number of piperidine rings is 1. The van der Waals surface area contributed by atoms with E-state index in [1.54, 1.807) is 39.2 Å². The molecule has 0 aromatic heterocycles. The number of carbonyl (C=O) groups excluding carboxylic acids is 2. The second kappa shape index (κ2) is 9.59. The molecule has 0 unspecified atom stereocenters. The number of hydrogen-bond acceptors (Lipinski definition) is 5. The number of sulfonamides is 1. The van der Waals surface area contributed by atoms with Gasteiger partial charge in [-0.25, -0.2) is 8.42 Å². The van der Waals surface area contributed by atoms with Gasteiger partial charge < -0.3 is 9.80 Å². The predicted octanol–water partition coefficient (Wildman–Crippen LogP) is 3.91. The first-order chi connectivity index (χ1) is 16.7. The monoisotopic (exact) mass is 513 g/mol. The number of thioether (sulfide) groups is 1. The molecule has 3 aliphatic heterocycles. The number of para-hydroxylation sites is 1. The second-order valence-electron chi connectivity index (χ2n) is 9.75. The molecule has 1 saturated heterocycles. The molecule has 35 heavy (non-hydrogen) atoms. The number of fused-ring (bicyclic) bond motifs is 2. The highest BCUT2D eigenvalue weighted by Crippen LogP contribution is 2.40. The molecule has 7 nitrogen and oxygen atoms in total. The van der Waals surface area contributed by atoms with Crippen molar-refractivity contribution >= 4 is 45.0 Å². The number of benzene rings is 2. The van der Waals surface area contributed by atoms with Gasteiger partial charge in [-0.3, -0.25) is 9.59 Å². The van der Waals surface area contributed by atoms with Gasteiger partial charge in [0.1, 0.15) is 6.54 Å². The molecule has 3 aliphatic rings. The average molecular weight is 514 g/mol. The van der Waals surface area contributed by atoms with Crippen molar-refractivity contribution < 1.29 is 18.0 Å². The predicted molar refractivity (Wildman–Crippen MR) is 138 cm³/mol. The third-order valence-electron chi connectivity index (χ3n) is 7.17. The fourth-order valence-corrected chi connectivity index (χ4v) is 7.67. The first-order valence-electron chi connectivity index (χ1n) is 12.2. The van der Waals surface area contributed by atoms with Crippen LogP contribution in [0.3, 0.4) is 0 Å². The van der Waals surface area contributed by atoms with Crippen LogP contribution in [0.5, 0.6) is 0 Å².